The van der Waals surface area contributed by atoms with Crippen LogP contribution in [0.5, 0.6) is 0 Å². The molecule has 0 amide bonds. The molecule has 0 heterocycles. The molecule has 0 aromatic heterocycles. The summed E-state index contributed by atoms with van der Waals surface area (Å²) in [6, 6.07) is 0. The minimum Gasteiger partial charge on any atom is -0.393 e. The maximum absolute atomic E-state index is 10.5. The van der Waals surface area contributed by atoms with E-state index in [-0.39, 0.29) is 46.1 Å². The molecule has 8 aliphatic rings. The van der Waals surface area contributed by atoms with Crippen LogP contribution in [-0.4, -0.2) is 44.8 Å². The van der Waals surface area contributed by atoms with Gasteiger partial charge in [0, 0.05) is 0 Å². The number of allylic oxidation sites excluding steroid dienone is 2. The molecule has 236 valence electrons. The molecule has 6 fully saturated rings. The molecule has 0 saturated heterocycles. The lowest BCUT2D eigenvalue weighted by atomic mass is 9.46. The van der Waals surface area contributed by atoms with Crippen molar-refractivity contribution < 1.29 is 20.4 Å². The second-order valence-electron chi connectivity index (χ2n) is 17.6. The van der Waals surface area contributed by atoms with Crippen LogP contribution < -0.4 is 0 Å². The predicted molar refractivity (Wildman–Crippen MR) is 167 cm³/mol. The lowest BCUT2D eigenvalue weighted by Gasteiger charge is -2.59. The van der Waals surface area contributed by atoms with Gasteiger partial charge in [0.05, 0.1) is 24.4 Å². The molecule has 0 aromatic carbocycles. The van der Waals surface area contributed by atoms with Crippen molar-refractivity contribution in [2.75, 3.05) is 0 Å². The van der Waals surface area contributed by atoms with E-state index in [2.05, 4.69) is 52.0 Å². The second-order valence-corrected chi connectivity index (χ2v) is 17.6. The van der Waals surface area contributed by atoms with Crippen LogP contribution in [0, 0.1) is 69.0 Å². The van der Waals surface area contributed by atoms with E-state index in [0.29, 0.717) is 11.8 Å². The largest absolute Gasteiger partial charge is 0.393 e. The Bertz CT molecular complexity index is 1000. The quantitative estimate of drug-likeness (QED) is 0.231. The third-order valence-corrected chi connectivity index (χ3v) is 16.2. The predicted octanol–water partition coefficient (Wildman–Crippen LogP) is 7.05. The average Bonchev–Trinajstić information content (AvgIpc) is 3.44. The first-order valence-corrected chi connectivity index (χ1v) is 18.0. The number of aliphatic hydroxyl groups excluding tert-OH is 4. The Kier molecular flexibility index (Phi) is 7.45. The SMILES string of the molecule is C[C@]12C=CC(O)C[C@@H]1CC[C@@H]1[C@@H]2CC[C@]2(C)C(O)CC[C@@H]12.C[C@]12CC[C@H]3[C@@H](CCC4C[C@@H](O)C=C[C@@]43C)[C@@H]1CC[C@@H]2O. The number of fused-ring (bicyclic) bond motifs is 10. The molecular weight excluding hydrogens is 520 g/mol. The summed E-state index contributed by atoms with van der Waals surface area (Å²) < 4.78 is 0. The van der Waals surface area contributed by atoms with Crippen molar-refractivity contribution >= 4 is 0 Å². The molecule has 0 spiro atoms. The van der Waals surface area contributed by atoms with Crippen molar-refractivity contribution in [1.29, 1.82) is 0 Å². The summed E-state index contributed by atoms with van der Waals surface area (Å²) in [7, 11) is 0. The van der Waals surface area contributed by atoms with Gasteiger partial charge in [-0.2, -0.15) is 0 Å². The van der Waals surface area contributed by atoms with Crippen molar-refractivity contribution in [2.24, 2.45) is 69.0 Å². The summed E-state index contributed by atoms with van der Waals surface area (Å²) >= 11 is 0. The van der Waals surface area contributed by atoms with Crippen LogP contribution in [0.2, 0.25) is 0 Å². The highest BCUT2D eigenvalue weighted by Crippen LogP contribution is 2.66. The van der Waals surface area contributed by atoms with E-state index in [4.69, 9.17) is 0 Å². The van der Waals surface area contributed by atoms with E-state index in [0.717, 1.165) is 61.2 Å². The number of aliphatic hydroxyl groups is 4. The minimum atomic E-state index is -0.221. The highest BCUT2D eigenvalue weighted by molar-refractivity contribution is 5.18. The molecule has 3 unspecified atom stereocenters. The highest BCUT2D eigenvalue weighted by atomic mass is 16.3. The molecule has 4 heteroatoms. The van der Waals surface area contributed by atoms with Crippen molar-refractivity contribution in [3.63, 3.8) is 0 Å². The minimum absolute atomic E-state index is 0.0716. The van der Waals surface area contributed by atoms with Gasteiger partial charge in [0.2, 0.25) is 0 Å². The van der Waals surface area contributed by atoms with E-state index in [1.54, 1.807) is 0 Å². The monoisotopic (exact) mass is 580 g/mol. The van der Waals surface area contributed by atoms with E-state index in [1.165, 1.54) is 64.2 Å². The van der Waals surface area contributed by atoms with E-state index < -0.39 is 0 Å². The number of hydrogen-bond acceptors (Lipinski definition) is 4. The van der Waals surface area contributed by atoms with E-state index in [9.17, 15) is 20.4 Å². The molecule has 4 nitrogen and oxygen atoms in total. The fourth-order valence-corrected chi connectivity index (χ4v) is 13.5. The van der Waals surface area contributed by atoms with Gasteiger partial charge in [-0.05, 0) is 159 Å². The molecule has 0 aliphatic heterocycles. The van der Waals surface area contributed by atoms with Crippen molar-refractivity contribution in [2.45, 2.75) is 142 Å². The Balaban J connectivity index is 0.000000137. The summed E-state index contributed by atoms with van der Waals surface area (Å²) in [5.41, 5.74) is 0.943. The molecule has 0 bridgehead atoms. The van der Waals surface area contributed by atoms with Crippen LogP contribution in [-0.2, 0) is 0 Å². The van der Waals surface area contributed by atoms with Gasteiger partial charge >= 0.3 is 0 Å². The maximum atomic E-state index is 10.5. The summed E-state index contributed by atoms with van der Waals surface area (Å²) in [5.74, 6) is 5.90. The van der Waals surface area contributed by atoms with Gasteiger partial charge in [0.25, 0.3) is 0 Å². The number of rotatable bonds is 0. The molecule has 6 saturated carbocycles. The Morgan fingerprint density at radius 2 is 0.881 bits per heavy atom. The zero-order chi connectivity index (χ0) is 29.7. The standard InChI is InChI=1S/2C19H30O2/c2*1-18-9-7-13(20)11-12(18)3-4-14-15-5-6-17(21)19(15,2)10-8-16(14)18/h2*7,9,12-17,20-21H,3-6,8,10-11H2,1-2H3/t12?,13-,14-,15-,16-,17-,18-,19-;12-,13?,14-,15-,16-,17?,18-,19-/m00/s1. The van der Waals surface area contributed by atoms with Crippen molar-refractivity contribution in [1.82, 2.24) is 0 Å². The third kappa shape index (κ3) is 4.34. The molecular formula is C38H60O4. The number of hydrogen-bond donors (Lipinski definition) is 4. The lowest BCUT2D eigenvalue weighted by molar-refractivity contribution is -0.0994. The zero-order valence-electron chi connectivity index (χ0n) is 26.9. The van der Waals surface area contributed by atoms with E-state index in [1.807, 2.05) is 0 Å². The molecule has 8 aliphatic carbocycles. The van der Waals surface area contributed by atoms with Gasteiger partial charge in [0.1, 0.15) is 0 Å². The average molecular weight is 581 g/mol. The first-order chi connectivity index (χ1) is 19.9. The molecule has 42 heavy (non-hydrogen) atoms. The summed E-state index contributed by atoms with van der Waals surface area (Å²) in [4.78, 5) is 0. The second kappa shape index (κ2) is 10.4. The van der Waals surface area contributed by atoms with Crippen LogP contribution in [0.1, 0.15) is 118 Å². The van der Waals surface area contributed by atoms with Crippen LogP contribution >= 0.6 is 0 Å². The summed E-state index contributed by atoms with van der Waals surface area (Å²) in [6.45, 7) is 9.59. The summed E-state index contributed by atoms with van der Waals surface area (Å²) in [5, 5.41) is 40.8. The lowest BCUT2D eigenvalue weighted by Crippen LogP contribution is -2.53. The fourth-order valence-electron chi connectivity index (χ4n) is 13.5. The van der Waals surface area contributed by atoms with Gasteiger partial charge in [-0.3, -0.25) is 0 Å². The Morgan fingerprint density at radius 3 is 1.29 bits per heavy atom. The molecule has 0 radical (unpaired) electrons. The van der Waals surface area contributed by atoms with Gasteiger partial charge in [0.15, 0.2) is 0 Å². The topological polar surface area (TPSA) is 80.9 Å². The smallest absolute Gasteiger partial charge is 0.0724 e. The van der Waals surface area contributed by atoms with Crippen molar-refractivity contribution in [3.05, 3.63) is 24.3 Å². The normalized spacial score (nSPS) is 59.2. The Hall–Kier alpha value is -0.680. The first-order valence-electron chi connectivity index (χ1n) is 18.0. The molecule has 8 rings (SSSR count). The van der Waals surface area contributed by atoms with Gasteiger partial charge in [-0.15, -0.1) is 0 Å². The first kappa shape index (κ1) is 30.0. The van der Waals surface area contributed by atoms with Crippen LogP contribution in [0.3, 0.4) is 0 Å². The molecule has 0 aromatic rings. The third-order valence-electron chi connectivity index (χ3n) is 16.2. The van der Waals surface area contributed by atoms with Gasteiger partial charge in [-0.25, -0.2) is 0 Å². The van der Waals surface area contributed by atoms with Crippen LogP contribution in [0.15, 0.2) is 24.3 Å². The van der Waals surface area contributed by atoms with Gasteiger partial charge in [-0.1, -0.05) is 52.0 Å². The summed E-state index contributed by atoms with van der Waals surface area (Å²) in [6.07, 6.45) is 24.7. The molecule has 16 atom stereocenters. The van der Waals surface area contributed by atoms with Crippen LogP contribution in [0.25, 0.3) is 0 Å². The van der Waals surface area contributed by atoms with Crippen LogP contribution in [0.4, 0.5) is 0 Å². The Labute approximate surface area is 255 Å². The maximum Gasteiger partial charge on any atom is 0.0724 e. The van der Waals surface area contributed by atoms with Crippen molar-refractivity contribution in [3.8, 4) is 0 Å². The Morgan fingerprint density at radius 1 is 0.476 bits per heavy atom. The van der Waals surface area contributed by atoms with E-state index >= 15 is 0 Å². The zero-order valence-corrected chi connectivity index (χ0v) is 26.9. The fraction of sp³-hybridized carbons (Fsp3) is 0.895. The molecule has 4 N–H and O–H groups in total. The van der Waals surface area contributed by atoms with Gasteiger partial charge < -0.3 is 20.4 Å². The highest BCUT2D eigenvalue weighted by Gasteiger charge is 2.60.